The summed E-state index contributed by atoms with van der Waals surface area (Å²) in [6, 6.07) is 11.4. The Bertz CT molecular complexity index is 1010. The summed E-state index contributed by atoms with van der Waals surface area (Å²) in [6.45, 7) is 1.90. The first-order chi connectivity index (χ1) is 13.1. The van der Waals surface area contributed by atoms with E-state index in [-0.39, 0.29) is 6.04 Å². The fourth-order valence-corrected chi connectivity index (χ4v) is 3.57. The second-order valence-electron chi connectivity index (χ2n) is 7.06. The van der Waals surface area contributed by atoms with E-state index in [1.54, 1.807) is 18.3 Å². The Hall–Kier alpha value is -3.15. The third-order valence-corrected chi connectivity index (χ3v) is 5.13. The molecule has 6 nitrogen and oxygen atoms in total. The number of hydrogen-bond acceptors (Lipinski definition) is 3. The third kappa shape index (κ3) is 3.69. The Morgan fingerprint density at radius 2 is 1.85 bits per heavy atom. The maximum atomic E-state index is 12.3. The molecule has 0 aliphatic heterocycles. The first-order valence-corrected chi connectivity index (χ1v) is 9.27. The molecule has 1 heterocycles. The van der Waals surface area contributed by atoms with Gasteiger partial charge < -0.3 is 10.6 Å². The van der Waals surface area contributed by atoms with Crippen molar-refractivity contribution in [2.45, 2.75) is 38.6 Å². The van der Waals surface area contributed by atoms with Crippen LogP contribution in [-0.4, -0.2) is 22.0 Å². The van der Waals surface area contributed by atoms with Gasteiger partial charge in [-0.15, -0.1) is 0 Å². The highest BCUT2D eigenvalue weighted by Gasteiger charge is 2.19. The lowest BCUT2D eigenvalue weighted by atomic mass is 9.89. The van der Waals surface area contributed by atoms with Gasteiger partial charge in [0.2, 0.25) is 0 Å². The molecule has 1 aliphatic rings. The lowest BCUT2D eigenvalue weighted by Crippen LogP contribution is -2.37. The molecule has 4 rings (SSSR count). The summed E-state index contributed by atoms with van der Waals surface area (Å²) in [5, 5.41) is 13.1. The molecule has 0 bridgehead atoms. The smallest absolute Gasteiger partial charge is 0.313 e. The molecule has 6 heteroatoms. The van der Waals surface area contributed by atoms with Crippen LogP contribution in [0.2, 0.25) is 0 Å². The number of aromatic nitrogens is 2. The van der Waals surface area contributed by atoms with Crippen LogP contribution in [0, 0.1) is 0 Å². The summed E-state index contributed by atoms with van der Waals surface area (Å²) in [4.78, 5) is 24.5. The van der Waals surface area contributed by atoms with Crippen LogP contribution in [0.1, 0.15) is 42.5 Å². The van der Waals surface area contributed by atoms with Crippen LogP contribution in [0.5, 0.6) is 0 Å². The van der Waals surface area contributed by atoms with Crippen LogP contribution >= 0.6 is 0 Å². The molecule has 1 aliphatic carbocycles. The highest BCUT2D eigenvalue weighted by molar-refractivity contribution is 6.39. The third-order valence-electron chi connectivity index (χ3n) is 5.13. The van der Waals surface area contributed by atoms with Gasteiger partial charge in [-0.3, -0.25) is 14.7 Å². The molecule has 0 saturated carbocycles. The zero-order valence-electron chi connectivity index (χ0n) is 15.2. The van der Waals surface area contributed by atoms with Gasteiger partial charge in [0, 0.05) is 11.1 Å². The van der Waals surface area contributed by atoms with Gasteiger partial charge in [-0.25, -0.2) is 0 Å². The van der Waals surface area contributed by atoms with Crippen LogP contribution in [0.3, 0.4) is 0 Å². The molecule has 1 unspecified atom stereocenters. The average molecular weight is 362 g/mol. The minimum atomic E-state index is -0.682. The monoisotopic (exact) mass is 362 g/mol. The van der Waals surface area contributed by atoms with Crippen molar-refractivity contribution in [2.24, 2.45) is 0 Å². The molecule has 1 atom stereocenters. The molecule has 1 aromatic heterocycles. The Morgan fingerprint density at radius 1 is 1.04 bits per heavy atom. The van der Waals surface area contributed by atoms with Crippen molar-refractivity contribution in [3.8, 4) is 0 Å². The van der Waals surface area contributed by atoms with E-state index in [2.05, 4.69) is 33.0 Å². The predicted molar refractivity (Wildman–Crippen MR) is 104 cm³/mol. The second-order valence-corrected chi connectivity index (χ2v) is 7.06. The Kier molecular flexibility index (Phi) is 4.62. The summed E-state index contributed by atoms with van der Waals surface area (Å²) < 4.78 is 0. The number of H-pyrrole nitrogens is 1. The van der Waals surface area contributed by atoms with Crippen molar-refractivity contribution in [1.82, 2.24) is 15.5 Å². The number of nitrogens with one attached hydrogen (secondary N) is 3. The van der Waals surface area contributed by atoms with Crippen molar-refractivity contribution in [1.29, 1.82) is 0 Å². The van der Waals surface area contributed by atoms with Crippen molar-refractivity contribution in [3.63, 3.8) is 0 Å². The van der Waals surface area contributed by atoms with Crippen molar-refractivity contribution < 1.29 is 9.59 Å². The van der Waals surface area contributed by atoms with Crippen LogP contribution in [-0.2, 0) is 22.4 Å². The van der Waals surface area contributed by atoms with Gasteiger partial charge in [0.1, 0.15) is 0 Å². The molecule has 0 radical (unpaired) electrons. The maximum Gasteiger partial charge on any atom is 0.313 e. The number of amides is 2. The highest BCUT2D eigenvalue weighted by Crippen LogP contribution is 2.24. The zero-order chi connectivity index (χ0) is 18.8. The number of fused-ring (bicyclic) bond motifs is 2. The molecular formula is C21H22N4O2. The lowest BCUT2D eigenvalue weighted by Gasteiger charge is -2.20. The van der Waals surface area contributed by atoms with Crippen molar-refractivity contribution in [3.05, 3.63) is 59.3 Å². The van der Waals surface area contributed by atoms with Crippen molar-refractivity contribution >= 4 is 28.4 Å². The lowest BCUT2D eigenvalue weighted by molar-refractivity contribution is -0.136. The maximum absolute atomic E-state index is 12.3. The van der Waals surface area contributed by atoms with E-state index in [1.807, 2.05) is 19.1 Å². The van der Waals surface area contributed by atoms with Gasteiger partial charge >= 0.3 is 11.8 Å². The normalized spacial score (nSPS) is 14.4. The fourth-order valence-electron chi connectivity index (χ4n) is 3.57. The minimum absolute atomic E-state index is 0.231. The number of aryl methyl sites for hydroxylation is 2. The molecular weight excluding hydrogens is 340 g/mol. The molecule has 27 heavy (non-hydrogen) atoms. The molecule has 0 saturated heterocycles. The number of rotatable bonds is 3. The van der Waals surface area contributed by atoms with E-state index in [9.17, 15) is 9.59 Å². The quantitative estimate of drug-likeness (QED) is 0.625. The number of hydrogen-bond donors (Lipinski definition) is 3. The molecule has 2 amide bonds. The largest absolute Gasteiger partial charge is 0.341 e. The van der Waals surface area contributed by atoms with Crippen LogP contribution in [0.15, 0.2) is 42.6 Å². The molecule has 3 N–H and O–H groups in total. The molecule has 0 spiro atoms. The zero-order valence-corrected chi connectivity index (χ0v) is 15.2. The van der Waals surface area contributed by atoms with E-state index in [1.165, 1.54) is 24.0 Å². The van der Waals surface area contributed by atoms with Crippen LogP contribution < -0.4 is 10.6 Å². The van der Waals surface area contributed by atoms with E-state index < -0.39 is 11.8 Å². The Labute approximate surface area is 157 Å². The number of carbonyl (C=O) groups excluding carboxylic acids is 2. The molecule has 2 aromatic carbocycles. The van der Waals surface area contributed by atoms with E-state index in [0.29, 0.717) is 5.69 Å². The summed E-state index contributed by atoms with van der Waals surface area (Å²) >= 11 is 0. The number of nitrogens with zero attached hydrogens (tertiary/aromatic N) is 1. The summed E-state index contributed by atoms with van der Waals surface area (Å²) in [7, 11) is 0. The summed E-state index contributed by atoms with van der Waals surface area (Å²) in [5.41, 5.74) is 5.13. The van der Waals surface area contributed by atoms with Gasteiger partial charge in [-0.05, 0) is 67.5 Å². The fraction of sp³-hybridized carbons (Fsp3) is 0.286. The Morgan fingerprint density at radius 3 is 2.70 bits per heavy atom. The number of benzene rings is 2. The molecule has 138 valence electrons. The van der Waals surface area contributed by atoms with E-state index in [4.69, 9.17) is 0 Å². The summed E-state index contributed by atoms with van der Waals surface area (Å²) in [5.74, 6) is -1.33. The summed E-state index contributed by atoms with van der Waals surface area (Å²) in [6.07, 6.45) is 6.36. The van der Waals surface area contributed by atoms with Crippen LogP contribution in [0.25, 0.3) is 10.9 Å². The van der Waals surface area contributed by atoms with Gasteiger partial charge in [-0.2, -0.15) is 5.10 Å². The topological polar surface area (TPSA) is 86.9 Å². The van der Waals surface area contributed by atoms with Crippen LogP contribution in [0.4, 0.5) is 5.69 Å². The van der Waals surface area contributed by atoms with Gasteiger partial charge in [0.15, 0.2) is 0 Å². The number of anilines is 1. The predicted octanol–water partition coefficient (Wildman–Crippen LogP) is 3.26. The van der Waals surface area contributed by atoms with E-state index >= 15 is 0 Å². The van der Waals surface area contributed by atoms with Gasteiger partial charge in [0.25, 0.3) is 0 Å². The minimum Gasteiger partial charge on any atom is -0.341 e. The molecule has 0 fully saturated rings. The van der Waals surface area contributed by atoms with Gasteiger partial charge in [-0.1, -0.05) is 18.2 Å². The SMILES string of the molecule is CC(NC(=O)C(=O)Nc1ccc2cn[nH]c2c1)c1ccc2c(c1)CCCC2. The molecule has 3 aromatic rings. The van der Waals surface area contributed by atoms with Crippen molar-refractivity contribution in [2.75, 3.05) is 5.32 Å². The number of carbonyl (C=O) groups is 2. The first kappa shape index (κ1) is 17.3. The standard InChI is InChI=1S/C21H22N4O2/c1-13(15-7-6-14-4-2-3-5-16(14)10-15)23-20(26)21(27)24-18-9-8-17-12-22-25-19(17)11-18/h6-13H,2-5H2,1H3,(H,22,25)(H,23,26)(H,24,27). The Balaban J connectivity index is 1.40. The highest BCUT2D eigenvalue weighted by atomic mass is 16.2. The second kappa shape index (κ2) is 7.23. The van der Waals surface area contributed by atoms with Gasteiger partial charge in [0.05, 0.1) is 17.8 Å². The van der Waals surface area contributed by atoms with E-state index in [0.717, 1.165) is 29.3 Å². The first-order valence-electron chi connectivity index (χ1n) is 9.27. The average Bonchev–Trinajstić information content (AvgIpc) is 3.15. The number of aromatic amines is 1.